The average Bonchev–Trinajstić information content (AvgIpc) is 3.34. The maximum atomic E-state index is 6.21. The topological polar surface area (TPSA) is 12.4 Å². The van der Waals surface area contributed by atoms with Gasteiger partial charge in [-0.2, -0.15) is 4.99 Å². The molecular weight excluding hydrogens is 310 g/mol. The average molecular weight is 324 g/mol. The Morgan fingerprint density at radius 3 is 2.36 bits per heavy atom. The van der Waals surface area contributed by atoms with E-state index >= 15 is 0 Å². The van der Waals surface area contributed by atoms with E-state index in [4.69, 9.17) is 11.6 Å². The summed E-state index contributed by atoms with van der Waals surface area (Å²) in [6.45, 7) is 1.94. The van der Waals surface area contributed by atoms with Crippen LogP contribution in [0.15, 0.2) is 41.4 Å². The summed E-state index contributed by atoms with van der Waals surface area (Å²) in [6, 6.07) is 12.3. The van der Waals surface area contributed by atoms with Crippen molar-refractivity contribution in [2.75, 3.05) is 0 Å². The zero-order chi connectivity index (χ0) is 15.5. The highest BCUT2D eigenvalue weighted by Gasteiger charge is 2.22. The van der Waals surface area contributed by atoms with Gasteiger partial charge in [0.1, 0.15) is 0 Å². The van der Waals surface area contributed by atoms with Crippen molar-refractivity contribution in [2.45, 2.75) is 25.7 Å². The van der Waals surface area contributed by atoms with Crippen LogP contribution >= 0.6 is 23.8 Å². The van der Waals surface area contributed by atoms with Crippen LogP contribution in [-0.4, -0.2) is 5.16 Å². The van der Waals surface area contributed by atoms with Crippen molar-refractivity contribution in [1.29, 1.82) is 0 Å². The maximum Gasteiger partial charge on any atom is 0.0955 e. The summed E-state index contributed by atoms with van der Waals surface area (Å²) in [5.41, 5.74) is 4.91. The molecule has 0 amide bonds. The third-order valence-corrected chi connectivity index (χ3v) is 4.10. The van der Waals surface area contributed by atoms with Crippen molar-refractivity contribution in [2.24, 2.45) is 4.99 Å². The van der Waals surface area contributed by atoms with Crippen LogP contribution < -0.4 is 0 Å². The minimum Gasteiger partial charge on any atom is -0.193 e. The highest BCUT2D eigenvalue weighted by atomic mass is 35.5. The van der Waals surface area contributed by atoms with Crippen molar-refractivity contribution in [3.05, 3.63) is 63.7 Å². The van der Waals surface area contributed by atoms with Gasteiger partial charge in [-0.25, -0.2) is 0 Å². The summed E-state index contributed by atoms with van der Waals surface area (Å²) >= 11 is 10.8. The molecule has 3 rings (SSSR count). The first-order valence-corrected chi connectivity index (χ1v) is 7.96. The molecule has 2 aromatic carbocycles. The number of aryl methyl sites for hydroxylation is 1. The highest BCUT2D eigenvalue weighted by Crippen LogP contribution is 2.39. The molecule has 1 aliphatic carbocycles. The summed E-state index contributed by atoms with van der Waals surface area (Å²) in [4.78, 5) is 3.98. The fourth-order valence-corrected chi connectivity index (χ4v) is 2.80. The summed E-state index contributed by atoms with van der Waals surface area (Å²) in [5, 5.41) is 2.90. The standard InChI is InChI=1S/C19H14ClNS/c1-13-10-15(11-18(20)19(13)21-12-22)3-2-14-4-6-16(7-5-14)17-8-9-17/h4-7,10-11,17H,8-9H2,1H3. The SMILES string of the molecule is Cc1cc(C#Cc2ccc(C3CC3)cc2)cc(Cl)c1N=C=S. The second kappa shape index (κ2) is 6.46. The molecule has 1 fully saturated rings. The molecule has 1 nitrogen and oxygen atoms in total. The van der Waals surface area contributed by atoms with Crippen molar-refractivity contribution < 1.29 is 0 Å². The number of isothiocyanates is 1. The number of rotatable bonds is 2. The van der Waals surface area contributed by atoms with E-state index in [1.807, 2.05) is 19.1 Å². The molecule has 1 aliphatic rings. The van der Waals surface area contributed by atoms with Gasteiger partial charge in [0.05, 0.1) is 15.9 Å². The van der Waals surface area contributed by atoms with E-state index in [0.29, 0.717) is 10.7 Å². The third-order valence-electron chi connectivity index (χ3n) is 3.72. The Morgan fingerprint density at radius 1 is 1.09 bits per heavy atom. The van der Waals surface area contributed by atoms with Crippen LogP contribution in [0.3, 0.4) is 0 Å². The molecule has 0 bridgehead atoms. The summed E-state index contributed by atoms with van der Waals surface area (Å²) < 4.78 is 0. The van der Waals surface area contributed by atoms with Gasteiger partial charge < -0.3 is 0 Å². The van der Waals surface area contributed by atoms with E-state index in [9.17, 15) is 0 Å². The second-order valence-corrected chi connectivity index (χ2v) is 6.06. The van der Waals surface area contributed by atoms with Gasteiger partial charge in [-0.1, -0.05) is 35.6 Å². The Kier molecular flexibility index (Phi) is 4.41. The number of aliphatic imine (C=N–C) groups is 1. The number of hydrogen-bond donors (Lipinski definition) is 0. The van der Waals surface area contributed by atoms with Gasteiger partial charge in [-0.3, -0.25) is 0 Å². The van der Waals surface area contributed by atoms with Crippen LogP contribution in [0.5, 0.6) is 0 Å². The molecule has 2 aromatic rings. The van der Waals surface area contributed by atoms with E-state index in [1.54, 1.807) is 0 Å². The lowest BCUT2D eigenvalue weighted by Crippen LogP contribution is -1.83. The molecule has 0 saturated heterocycles. The Hall–Kier alpha value is -1.91. The van der Waals surface area contributed by atoms with Gasteiger partial charge >= 0.3 is 0 Å². The molecule has 0 N–H and O–H groups in total. The van der Waals surface area contributed by atoms with E-state index < -0.39 is 0 Å². The minimum atomic E-state index is 0.547. The van der Waals surface area contributed by atoms with Crippen molar-refractivity contribution in [3.63, 3.8) is 0 Å². The van der Waals surface area contributed by atoms with Crippen molar-refractivity contribution >= 4 is 34.7 Å². The molecule has 1 saturated carbocycles. The number of halogens is 1. The van der Waals surface area contributed by atoms with Crippen molar-refractivity contribution in [1.82, 2.24) is 0 Å². The number of hydrogen-bond acceptors (Lipinski definition) is 2. The first kappa shape index (κ1) is 15.0. The number of nitrogens with zero attached hydrogens (tertiary/aromatic N) is 1. The molecule has 22 heavy (non-hydrogen) atoms. The molecule has 108 valence electrons. The monoisotopic (exact) mass is 323 g/mol. The summed E-state index contributed by atoms with van der Waals surface area (Å²) in [5.74, 6) is 7.11. The van der Waals surface area contributed by atoms with Crippen LogP contribution in [0, 0.1) is 18.8 Å². The molecule has 0 atom stereocenters. The fourth-order valence-electron chi connectivity index (χ4n) is 2.40. The number of thiocarbonyl (C=S) groups is 1. The molecule has 0 aromatic heterocycles. The highest BCUT2D eigenvalue weighted by molar-refractivity contribution is 7.78. The zero-order valence-electron chi connectivity index (χ0n) is 12.2. The molecule has 0 unspecified atom stereocenters. The molecule has 0 radical (unpaired) electrons. The first-order chi connectivity index (χ1) is 10.7. The predicted molar refractivity (Wildman–Crippen MR) is 95.3 cm³/mol. The number of benzene rings is 2. The lowest BCUT2D eigenvalue weighted by molar-refractivity contribution is 1.13. The lowest BCUT2D eigenvalue weighted by atomic mass is 10.1. The molecular formula is C19H14ClNS. The molecule has 0 spiro atoms. The van der Waals surface area contributed by atoms with Crippen LogP contribution in [0.4, 0.5) is 5.69 Å². The van der Waals surface area contributed by atoms with Crippen LogP contribution in [0.1, 0.15) is 41.0 Å². The Labute approximate surface area is 141 Å². The van der Waals surface area contributed by atoms with E-state index in [2.05, 4.69) is 58.5 Å². The third kappa shape index (κ3) is 3.46. The normalized spacial score (nSPS) is 13.0. The quantitative estimate of drug-likeness (QED) is 0.394. The van der Waals surface area contributed by atoms with Gasteiger partial charge in [0.2, 0.25) is 0 Å². The van der Waals surface area contributed by atoms with Gasteiger partial charge in [0.15, 0.2) is 0 Å². The zero-order valence-corrected chi connectivity index (χ0v) is 13.8. The van der Waals surface area contributed by atoms with Crippen molar-refractivity contribution in [3.8, 4) is 11.8 Å². The van der Waals surface area contributed by atoms with Gasteiger partial charge in [0, 0.05) is 11.1 Å². The minimum absolute atomic E-state index is 0.547. The molecule has 0 heterocycles. The van der Waals surface area contributed by atoms with Gasteiger partial charge in [-0.15, -0.1) is 0 Å². The van der Waals surface area contributed by atoms with Crippen LogP contribution in [0.25, 0.3) is 0 Å². The van der Waals surface area contributed by atoms with Crippen LogP contribution in [-0.2, 0) is 0 Å². The Bertz CT molecular complexity index is 794. The summed E-state index contributed by atoms with van der Waals surface area (Å²) in [7, 11) is 0. The van der Waals surface area contributed by atoms with Crippen LogP contribution in [0.2, 0.25) is 5.02 Å². The largest absolute Gasteiger partial charge is 0.193 e. The smallest absolute Gasteiger partial charge is 0.0955 e. The Morgan fingerprint density at radius 2 is 1.77 bits per heavy atom. The Balaban J connectivity index is 1.85. The van der Waals surface area contributed by atoms with E-state index in [-0.39, 0.29) is 0 Å². The maximum absolute atomic E-state index is 6.21. The molecule has 0 aliphatic heterocycles. The van der Waals surface area contributed by atoms with Gasteiger partial charge in [-0.05, 0) is 73.3 Å². The fraction of sp³-hybridized carbons (Fsp3) is 0.211. The predicted octanol–water partition coefficient (Wildman–Crippen LogP) is 5.66. The van der Waals surface area contributed by atoms with E-state index in [0.717, 1.165) is 22.6 Å². The lowest BCUT2D eigenvalue weighted by Gasteiger charge is -2.02. The second-order valence-electron chi connectivity index (χ2n) is 5.47. The van der Waals surface area contributed by atoms with E-state index in [1.165, 1.54) is 18.4 Å². The van der Waals surface area contributed by atoms with Gasteiger partial charge in [0.25, 0.3) is 0 Å². The molecule has 3 heteroatoms. The summed E-state index contributed by atoms with van der Waals surface area (Å²) in [6.07, 6.45) is 2.64. The first-order valence-electron chi connectivity index (χ1n) is 7.17.